The summed E-state index contributed by atoms with van der Waals surface area (Å²) in [7, 11) is 0. The number of carbonyl (C=O) groups excluding carboxylic acids is 1. The average Bonchev–Trinajstić information content (AvgIpc) is 2.44. The van der Waals surface area contributed by atoms with E-state index in [9.17, 15) is 18.0 Å². The SMILES string of the molecule is C[C@@H]1CNCCN1C(=O)CC(c1ccccc1)C(F)(F)F.Cl. The van der Waals surface area contributed by atoms with E-state index < -0.39 is 24.4 Å². The number of piperazine rings is 1. The molecule has 1 aromatic carbocycles. The number of amides is 1. The maximum Gasteiger partial charge on any atom is 0.396 e. The lowest BCUT2D eigenvalue weighted by Crippen LogP contribution is -2.52. The molecule has 22 heavy (non-hydrogen) atoms. The molecule has 1 aliphatic heterocycles. The predicted molar refractivity (Wildman–Crippen MR) is 81.1 cm³/mol. The molecule has 0 radical (unpaired) electrons. The zero-order chi connectivity index (χ0) is 15.5. The summed E-state index contributed by atoms with van der Waals surface area (Å²) in [4.78, 5) is 13.8. The largest absolute Gasteiger partial charge is 0.396 e. The van der Waals surface area contributed by atoms with E-state index in [0.717, 1.165) is 0 Å². The number of alkyl halides is 3. The van der Waals surface area contributed by atoms with Crippen LogP contribution in [-0.4, -0.2) is 42.7 Å². The third-order valence-corrected chi connectivity index (χ3v) is 3.80. The molecule has 2 atom stereocenters. The van der Waals surface area contributed by atoms with Gasteiger partial charge in [-0.3, -0.25) is 4.79 Å². The molecule has 1 aliphatic rings. The van der Waals surface area contributed by atoms with Crippen LogP contribution in [0, 0.1) is 0 Å². The first-order valence-electron chi connectivity index (χ1n) is 7.01. The standard InChI is InChI=1S/C15H19F3N2O.ClH/c1-11-10-19-7-8-20(11)14(21)9-13(15(16,17)18)12-5-3-2-4-6-12;/h2-6,11,13,19H,7-10H2,1H3;1H/t11-,13?;/m1./s1. The normalized spacial score (nSPS) is 20.2. The molecular formula is C15H20ClF3N2O. The highest BCUT2D eigenvalue weighted by atomic mass is 35.5. The van der Waals surface area contributed by atoms with Gasteiger partial charge in [0.05, 0.1) is 5.92 Å². The van der Waals surface area contributed by atoms with Crippen LogP contribution < -0.4 is 5.32 Å². The van der Waals surface area contributed by atoms with Crippen molar-refractivity contribution < 1.29 is 18.0 Å². The highest BCUT2D eigenvalue weighted by molar-refractivity contribution is 5.85. The van der Waals surface area contributed by atoms with Crippen molar-refractivity contribution in [2.24, 2.45) is 0 Å². The second-order valence-electron chi connectivity index (χ2n) is 5.35. The van der Waals surface area contributed by atoms with E-state index >= 15 is 0 Å². The van der Waals surface area contributed by atoms with Crippen LogP contribution in [0.5, 0.6) is 0 Å². The third-order valence-electron chi connectivity index (χ3n) is 3.80. The lowest BCUT2D eigenvalue weighted by Gasteiger charge is -2.35. The summed E-state index contributed by atoms with van der Waals surface area (Å²) in [5, 5.41) is 3.12. The van der Waals surface area contributed by atoms with Crippen molar-refractivity contribution in [3.63, 3.8) is 0 Å². The fourth-order valence-electron chi connectivity index (χ4n) is 2.61. The Morgan fingerprint density at radius 2 is 2.00 bits per heavy atom. The van der Waals surface area contributed by atoms with Gasteiger partial charge in [0, 0.05) is 32.1 Å². The molecule has 3 nitrogen and oxygen atoms in total. The molecule has 0 aliphatic carbocycles. The van der Waals surface area contributed by atoms with Crippen LogP contribution in [0.15, 0.2) is 30.3 Å². The van der Waals surface area contributed by atoms with E-state index in [1.54, 1.807) is 18.2 Å². The van der Waals surface area contributed by atoms with Crippen molar-refractivity contribution >= 4 is 18.3 Å². The molecule has 0 spiro atoms. The van der Waals surface area contributed by atoms with Crippen LogP contribution in [0.4, 0.5) is 13.2 Å². The van der Waals surface area contributed by atoms with Gasteiger partial charge >= 0.3 is 6.18 Å². The van der Waals surface area contributed by atoms with E-state index in [1.807, 2.05) is 6.92 Å². The molecule has 1 fully saturated rings. The molecular weight excluding hydrogens is 317 g/mol. The quantitative estimate of drug-likeness (QED) is 0.920. The monoisotopic (exact) mass is 336 g/mol. The molecule has 1 N–H and O–H groups in total. The molecule has 1 saturated heterocycles. The van der Waals surface area contributed by atoms with Crippen LogP contribution >= 0.6 is 12.4 Å². The summed E-state index contributed by atoms with van der Waals surface area (Å²) in [5.74, 6) is -2.18. The molecule has 2 rings (SSSR count). The molecule has 0 bridgehead atoms. The Labute approximate surface area is 134 Å². The van der Waals surface area contributed by atoms with Gasteiger partial charge in [-0.25, -0.2) is 0 Å². The zero-order valence-electron chi connectivity index (χ0n) is 12.3. The molecule has 7 heteroatoms. The Balaban J connectivity index is 0.00000242. The fraction of sp³-hybridized carbons (Fsp3) is 0.533. The van der Waals surface area contributed by atoms with Crippen molar-refractivity contribution in [2.75, 3.05) is 19.6 Å². The summed E-state index contributed by atoms with van der Waals surface area (Å²) in [5.41, 5.74) is 0.140. The smallest absolute Gasteiger partial charge is 0.337 e. The van der Waals surface area contributed by atoms with Gasteiger partial charge < -0.3 is 10.2 Å². The van der Waals surface area contributed by atoms with Gasteiger partial charge in [0.25, 0.3) is 0 Å². The number of hydrogen-bond donors (Lipinski definition) is 1. The second kappa shape index (κ2) is 7.83. The van der Waals surface area contributed by atoms with Gasteiger partial charge in [0.15, 0.2) is 0 Å². The van der Waals surface area contributed by atoms with E-state index in [-0.39, 0.29) is 24.0 Å². The van der Waals surface area contributed by atoms with Gasteiger partial charge in [-0.15, -0.1) is 12.4 Å². The van der Waals surface area contributed by atoms with Gasteiger partial charge in [-0.05, 0) is 12.5 Å². The highest BCUT2D eigenvalue weighted by Gasteiger charge is 2.42. The maximum absolute atomic E-state index is 13.2. The molecule has 0 saturated carbocycles. The van der Waals surface area contributed by atoms with E-state index in [2.05, 4.69) is 5.32 Å². The number of benzene rings is 1. The summed E-state index contributed by atoms with van der Waals surface area (Å²) in [6, 6.07) is 7.56. The molecule has 124 valence electrons. The third kappa shape index (κ3) is 4.61. The van der Waals surface area contributed by atoms with Crippen molar-refractivity contribution in [1.82, 2.24) is 10.2 Å². The van der Waals surface area contributed by atoms with Gasteiger partial charge in [-0.1, -0.05) is 30.3 Å². The zero-order valence-corrected chi connectivity index (χ0v) is 13.1. The number of halogens is 4. The lowest BCUT2D eigenvalue weighted by molar-refractivity contribution is -0.161. The lowest BCUT2D eigenvalue weighted by atomic mass is 9.94. The van der Waals surface area contributed by atoms with E-state index in [1.165, 1.54) is 17.0 Å². The summed E-state index contributed by atoms with van der Waals surface area (Å²) < 4.78 is 39.7. The Morgan fingerprint density at radius 1 is 1.36 bits per heavy atom. The number of carbonyl (C=O) groups is 1. The number of nitrogens with one attached hydrogen (secondary N) is 1. The van der Waals surface area contributed by atoms with Crippen molar-refractivity contribution in [3.8, 4) is 0 Å². The van der Waals surface area contributed by atoms with Gasteiger partial charge in [-0.2, -0.15) is 13.2 Å². The van der Waals surface area contributed by atoms with Crippen LogP contribution in [0.1, 0.15) is 24.8 Å². The summed E-state index contributed by atoms with van der Waals surface area (Å²) in [6.07, 6.45) is -4.95. The van der Waals surface area contributed by atoms with Crippen molar-refractivity contribution in [3.05, 3.63) is 35.9 Å². The van der Waals surface area contributed by atoms with Crippen molar-refractivity contribution in [2.45, 2.75) is 31.5 Å². The minimum Gasteiger partial charge on any atom is -0.337 e. The number of hydrogen-bond acceptors (Lipinski definition) is 2. The Kier molecular flexibility index (Phi) is 6.68. The molecule has 1 heterocycles. The van der Waals surface area contributed by atoms with Crippen molar-refractivity contribution in [1.29, 1.82) is 0 Å². The fourth-order valence-corrected chi connectivity index (χ4v) is 2.61. The van der Waals surface area contributed by atoms with Gasteiger partial charge in [0.1, 0.15) is 0 Å². The first-order chi connectivity index (χ1) is 9.89. The van der Waals surface area contributed by atoms with Crippen LogP contribution in [0.2, 0.25) is 0 Å². The van der Waals surface area contributed by atoms with Gasteiger partial charge in [0.2, 0.25) is 5.91 Å². The van der Waals surface area contributed by atoms with E-state index in [0.29, 0.717) is 19.6 Å². The Bertz CT molecular complexity index is 481. The van der Waals surface area contributed by atoms with E-state index in [4.69, 9.17) is 0 Å². The molecule has 1 amide bonds. The minimum absolute atomic E-state index is 0. The first-order valence-corrected chi connectivity index (χ1v) is 7.01. The highest BCUT2D eigenvalue weighted by Crippen LogP contribution is 2.37. The summed E-state index contributed by atoms with van der Waals surface area (Å²) >= 11 is 0. The predicted octanol–water partition coefficient (Wildman–Crippen LogP) is 2.96. The molecule has 1 unspecified atom stereocenters. The first kappa shape index (κ1) is 18.8. The second-order valence-corrected chi connectivity index (χ2v) is 5.35. The van der Waals surface area contributed by atoms with Crippen LogP contribution in [0.3, 0.4) is 0 Å². The average molecular weight is 337 g/mol. The Hall–Kier alpha value is -1.27. The molecule has 0 aromatic heterocycles. The topological polar surface area (TPSA) is 32.3 Å². The van der Waals surface area contributed by atoms with Crippen LogP contribution in [0.25, 0.3) is 0 Å². The molecule has 1 aromatic rings. The maximum atomic E-state index is 13.2. The van der Waals surface area contributed by atoms with Crippen LogP contribution in [-0.2, 0) is 4.79 Å². The number of nitrogens with zero attached hydrogens (tertiary/aromatic N) is 1. The number of rotatable bonds is 3. The Morgan fingerprint density at radius 3 is 2.55 bits per heavy atom. The summed E-state index contributed by atoms with van der Waals surface area (Å²) in [6.45, 7) is 3.54. The minimum atomic E-state index is -4.42.